The van der Waals surface area contributed by atoms with E-state index in [1.54, 1.807) is 31.3 Å². The van der Waals surface area contributed by atoms with Gasteiger partial charge in [0, 0.05) is 12.6 Å². The number of hydrogen-bond donors (Lipinski definition) is 0. The minimum Gasteiger partial charge on any atom is -0.298 e. The van der Waals surface area contributed by atoms with Crippen LogP contribution >= 0.6 is 0 Å². The summed E-state index contributed by atoms with van der Waals surface area (Å²) in [5.41, 5.74) is 1.85. The van der Waals surface area contributed by atoms with E-state index in [-0.39, 0.29) is 5.91 Å². The van der Waals surface area contributed by atoms with Crippen LogP contribution in [-0.2, 0) is 11.3 Å². The van der Waals surface area contributed by atoms with Crippen LogP contribution in [0.3, 0.4) is 0 Å². The van der Waals surface area contributed by atoms with Crippen molar-refractivity contribution >= 4 is 12.2 Å². The maximum Gasteiger partial charge on any atom is 0.277 e. The number of nitrogens with zero attached hydrogens (tertiary/aromatic N) is 1. The minimum absolute atomic E-state index is 0.328. The lowest BCUT2D eigenvalue weighted by Gasteiger charge is -2.17. The highest BCUT2D eigenvalue weighted by Gasteiger charge is 2.15. The standard InChI is InChI=1S/C17H17NO3/c1-18(21-12-11-14-7-3-2-4-8-14)17(20)16-10-6-5-9-15(16)13-19/h2-10,13H,11-12H2,1H3. The van der Waals surface area contributed by atoms with Crippen LogP contribution in [0.2, 0.25) is 0 Å². The van der Waals surface area contributed by atoms with Gasteiger partial charge in [0.15, 0.2) is 6.29 Å². The van der Waals surface area contributed by atoms with Crippen LogP contribution in [-0.4, -0.2) is 30.9 Å². The zero-order valence-corrected chi connectivity index (χ0v) is 11.9. The number of carbonyl (C=O) groups is 2. The molecule has 2 aromatic carbocycles. The number of aldehydes is 1. The lowest BCUT2D eigenvalue weighted by Crippen LogP contribution is -2.28. The number of carbonyl (C=O) groups excluding carboxylic acids is 2. The first-order valence-electron chi connectivity index (χ1n) is 6.71. The van der Waals surface area contributed by atoms with Crippen molar-refractivity contribution in [1.82, 2.24) is 5.06 Å². The van der Waals surface area contributed by atoms with Crippen LogP contribution in [0.15, 0.2) is 54.6 Å². The number of hydrogen-bond acceptors (Lipinski definition) is 3. The molecule has 0 saturated heterocycles. The fourth-order valence-corrected chi connectivity index (χ4v) is 1.97. The van der Waals surface area contributed by atoms with Gasteiger partial charge in [-0.25, -0.2) is 5.06 Å². The molecule has 0 saturated carbocycles. The summed E-state index contributed by atoms with van der Waals surface area (Å²) in [6, 6.07) is 16.6. The van der Waals surface area contributed by atoms with E-state index >= 15 is 0 Å². The summed E-state index contributed by atoms with van der Waals surface area (Å²) in [5.74, 6) is -0.328. The Labute approximate surface area is 123 Å². The molecule has 0 atom stereocenters. The van der Waals surface area contributed by atoms with E-state index in [1.807, 2.05) is 30.3 Å². The highest BCUT2D eigenvalue weighted by atomic mass is 16.7. The number of rotatable bonds is 6. The average molecular weight is 283 g/mol. The Morgan fingerprint density at radius 3 is 2.48 bits per heavy atom. The summed E-state index contributed by atoms with van der Waals surface area (Å²) in [6.45, 7) is 0.398. The van der Waals surface area contributed by atoms with Crippen molar-refractivity contribution < 1.29 is 14.4 Å². The van der Waals surface area contributed by atoms with Gasteiger partial charge in [-0.05, 0) is 18.1 Å². The largest absolute Gasteiger partial charge is 0.298 e. The Morgan fingerprint density at radius 2 is 1.76 bits per heavy atom. The lowest BCUT2D eigenvalue weighted by molar-refractivity contribution is -0.104. The smallest absolute Gasteiger partial charge is 0.277 e. The average Bonchev–Trinajstić information content (AvgIpc) is 2.55. The van der Waals surface area contributed by atoms with E-state index < -0.39 is 0 Å². The van der Waals surface area contributed by atoms with E-state index in [4.69, 9.17) is 4.84 Å². The third kappa shape index (κ3) is 4.00. The van der Waals surface area contributed by atoms with E-state index in [0.29, 0.717) is 30.4 Å². The summed E-state index contributed by atoms with van der Waals surface area (Å²) in [6.07, 6.45) is 1.39. The van der Waals surface area contributed by atoms with E-state index in [2.05, 4.69) is 0 Å². The zero-order chi connectivity index (χ0) is 15.1. The Bertz CT molecular complexity index is 610. The van der Waals surface area contributed by atoms with Gasteiger partial charge in [0.05, 0.1) is 12.2 Å². The lowest BCUT2D eigenvalue weighted by atomic mass is 10.1. The Morgan fingerprint density at radius 1 is 1.10 bits per heavy atom. The molecule has 21 heavy (non-hydrogen) atoms. The molecular formula is C17H17NO3. The van der Waals surface area contributed by atoms with Crippen LogP contribution in [0.4, 0.5) is 0 Å². The van der Waals surface area contributed by atoms with Gasteiger partial charge in [0.25, 0.3) is 5.91 Å². The molecule has 2 aromatic rings. The molecule has 2 rings (SSSR count). The van der Waals surface area contributed by atoms with Crippen molar-refractivity contribution in [2.75, 3.05) is 13.7 Å². The molecule has 0 aliphatic heterocycles. The molecule has 0 aromatic heterocycles. The molecule has 108 valence electrons. The third-order valence-corrected chi connectivity index (χ3v) is 3.12. The van der Waals surface area contributed by atoms with E-state index in [0.717, 1.165) is 5.56 Å². The van der Waals surface area contributed by atoms with Crippen LogP contribution in [0.25, 0.3) is 0 Å². The van der Waals surface area contributed by atoms with Gasteiger partial charge in [-0.3, -0.25) is 14.4 Å². The summed E-state index contributed by atoms with van der Waals surface area (Å²) in [5, 5.41) is 1.17. The molecule has 0 N–H and O–H groups in total. The molecule has 0 heterocycles. The topological polar surface area (TPSA) is 46.6 Å². The molecule has 0 unspecified atom stereocenters. The monoisotopic (exact) mass is 283 g/mol. The molecule has 0 aliphatic rings. The van der Waals surface area contributed by atoms with Gasteiger partial charge in [0.1, 0.15) is 0 Å². The van der Waals surface area contributed by atoms with Crippen LogP contribution in [0, 0.1) is 0 Å². The second kappa shape index (κ2) is 7.36. The molecule has 1 amide bonds. The van der Waals surface area contributed by atoms with Crippen LogP contribution < -0.4 is 0 Å². The van der Waals surface area contributed by atoms with Crippen LogP contribution in [0.5, 0.6) is 0 Å². The number of benzene rings is 2. The van der Waals surface area contributed by atoms with Gasteiger partial charge < -0.3 is 0 Å². The molecule has 0 aliphatic carbocycles. The Kier molecular flexibility index (Phi) is 5.23. The van der Waals surface area contributed by atoms with Crippen molar-refractivity contribution in [2.45, 2.75) is 6.42 Å². The highest BCUT2D eigenvalue weighted by Crippen LogP contribution is 2.10. The van der Waals surface area contributed by atoms with Gasteiger partial charge in [0.2, 0.25) is 0 Å². The molecular weight excluding hydrogens is 266 g/mol. The fraction of sp³-hybridized carbons (Fsp3) is 0.176. The maximum atomic E-state index is 12.2. The summed E-state index contributed by atoms with van der Waals surface area (Å²) >= 11 is 0. The molecule has 0 bridgehead atoms. The SMILES string of the molecule is CN(OCCc1ccccc1)C(=O)c1ccccc1C=O. The quantitative estimate of drug-likeness (QED) is 0.605. The van der Waals surface area contributed by atoms with E-state index in [1.165, 1.54) is 5.06 Å². The van der Waals surface area contributed by atoms with Gasteiger partial charge in [-0.15, -0.1) is 0 Å². The summed E-state index contributed by atoms with van der Waals surface area (Å²) < 4.78 is 0. The fourth-order valence-electron chi connectivity index (χ4n) is 1.97. The normalized spacial score (nSPS) is 10.1. The van der Waals surface area contributed by atoms with Crippen LogP contribution in [0.1, 0.15) is 26.3 Å². The predicted octanol–water partition coefficient (Wildman–Crippen LogP) is 2.75. The number of hydroxylamine groups is 2. The van der Waals surface area contributed by atoms with Crippen molar-refractivity contribution in [1.29, 1.82) is 0 Å². The molecule has 0 spiro atoms. The van der Waals surface area contributed by atoms with Gasteiger partial charge >= 0.3 is 0 Å². The maximum absolute atomic E-state index is 12.2. The van der Waals surface area contributed by atoms with Gasteiger partial charge in [-0.1, -0.05) is 48.5 Å². The minimum atomic E-state index is -0.328. The first kappa shape index (κ1) is 14.9. The second-order valence-corrected chi connectivity index (χ2v) is 4.58. The van der Waals surface area contributed by atoms with Crippen molar-refractivity contribution in [3.8, 4) is 0 Å². The zero-order valence-electron chi connectivity index (χ0n) is 11.9. The molecule has 0 radical (unpaired) electrons. The first-order valence-corrected chi connectivity index (χ1v) is 6.71. The highest BCUT2D eigenvalue weighted by molar-refractivity contribution is 6.00. The summed E-state index contributed by atoms with van der Waals surface area (Å²) in [4.78, 5) is 28.6. The Hall–Kier alpha value is -2.46. The molecule has 4 heteroatoms. The summed E-state index contributed by atoms with van der Waals surface area (Å²) in [7, 11) is 1.55. The van der Waals surface area contributed by atoms with E-state index in [9.17, 15) is 9.59 Å². The predicted molar refractivity (Wildman–Crippen MR) is 80.0 cm³/mol. The second-order valence-electron chi connectivity index (χ2n) is 4.58. The first-order chi connectivity index (χ1) is 10.2. The van der Waals surface area contributed by atoms with Gasteiger partial charge in [-0.2, -0.15) is 0 Å². The van der Waals surface area contributed by atoms with Crippen molar-refractivity contribution in [2.24, 2.45) is 0 Å². The Balaban J connectivity index is 1.92. The third-order valence-electron chi connectivity index (χ3n) is 3.12. The molecule has 4 nitrogen and oxygen atoms in total. The van der Waals surface area contributed by atoms with Crippen molar-refractivity contribution in [3.63, 3.8) is 0 Å². The number of amides is 1. The van der Waals surface area contributed by atoms with Crippen molar-refractivity contribution in [3.05, 3.63) is 71.3 Å². The molecule has 0 fully saturated rings.